The van der Waals surface area contributed by atoms with Crippen LogP contribution in [0.3, 0.4) is 0 Å². The highest BCUT2D eigenvalue weighted by molar-refractivity contribution is 5.63. The molecular formula is C17H24N4. The van der Waals surface area contributed by atoms with E-state index >= 15 is 0 Å². The van der Waals surface area contributed by atoms with Crippen LogP contribution in [0.25, 0.3) is 0 Å². The Morgan fingerprint density at radius 1 is 1.24 bits per heavy atom. The molecule has 112 valence electrons. The van der Waals surface area contributed by atoms with E-state index < -0.39 is 0 Å². The van der Waals surface area contributed by atoms with E-state index in [1.807, 2.05) is 11.7 Å². The molecule has 1 aromatic carbocycles. The standard InChI is InChI=1S/C17H24N4/c1-12-5-9-15(10-6-12)20(3)17-16(11-18-14-7-8-14)13(2)19-21(17)4/h5-6,9-10,14,18H,7-8,11H2,1-4H3. The topological polar surface area (TPSA) is 33.1 Å². The molecule has 0 bridgehead atoms. The Labute approximate surface area is 126 Å². The average Bonchev–Trinajstić information content (AvgIpc) is 3.22. The van der Waals surface area contributed by atoms with Crippen molar-refractivity contribution < 1.29 is 0 Å². The van der Waals surface area contributed by atoms with Crippen molar-refractivity contribution in [3.8, 4) is 0 Å². The lowest BCUT2D eigenvalue weighted by molar-refractivity contribution is 0.684. The van der Waals surface area contributed by atoms with Gasteiger partial charge in [0.25, 0.3) is 0 Å². The smallest absolute Gasteiger partial charge is 0.135 e. The summed E-state index contributed by atoms with van der Waals surface area (Å²) in [5.41, 5.74) is 4.88. The molecule has 0 atom stereocenters. The number of benzene rings is 1. The van der Waals surface area contributed by atoms with Gasteiger partial charge in [0.15, 0.2) is 0 Å². The second-order valence-corrected chi connectivity index (χ2v) is 6.06. The number of aryl methyl sites for hydroxylation is 3. The van der Waals surface area contributed by atoms with Crippen LogP contribution in [0.5, 0.6) is 0 Å². The van der Waals surface area contributed by atoms with Crippen LogP contribution in [0, 0.1) is 13.8 Å². The molecule has 4 nitrogen and oxygen atoms in total. The highest BCUT2D eigenvalue weighted by atomic mass is 15.4. The normalized spacial score (nSPS) is 14.5. The quantitative estimate of drug-likeness (QED) is 0.916. The van der Waals surface area contributed by atoms with Gasteiger partial charge in [-0.05, 0) is 38.8 Å². The minimum absolute atomic E-state index is 0.710. The van der Waals surface area contributed by atoms with Crippen molar-refractivity contribution in [3.63, 3.8) is 0 Å². The van der Waals surface area contributed by atoms with Crippen LogP contribution < -0.4 is 10.2 Å². The molecule has 1 aromatic heterocycles. The molecule has 1 N–H and O–H groups in total. The lowest BCUT2D eigenvalue weighted by atomic mass is 10.2. The number of rotatable bonds is 5. The molecule has 3 rings (SSSR count). The molecule has 21 heavy (non-hydrogen) atoms. The molecule has 2 aromatic rings. The van der Waals surface area contributed by atoms with E-state index in [-0.39, 0.29) is 0 Å². The maximum absolute atomic E-state index is 4.61. The Bertz CT molecular complexity index is 623. The van der Waals surface area contributed by atoms with Crippen molar-refractivity contribution in [2.45, 2.75) is 39.3 Å². The second-order valence-electron chi connectivity index (χ2n) is 6.06. The summed E-state index contributed by atoms with van der Waals surface area (Å²) in [6, 6.07) is 9.34. The van der Waals surface area contributed by atoms with Crippen molar-refractivity contribution in [2.24, 2.45) is 7.05 Å². The third-order valence-corrected chi connectivity index (χ3v) is 4.20. The van der Waals surface area contributed by atoms with Crippen LogP contribution in [0.1, 0.15) is 29.7 Å². The van der Waals surface area contributed by atoms with E-state index in [1.54, 1.807) is 0 Å². The summed E-state index contributed by atoms with van der Waals surface area (Å²) in [4.78, 5) is 2.23. The van der Waals surface area contributed by atoms with Gasteiger partial charge in [-0.15, -0.1) is 0 Å². The summed E-state index contributed by atoms with van der Waals surface area (Å²) in [5.74, 6) is 1.17. The lowest BCUT2D eigenvalue weighted by Gasteiger charge is -2.21. The minimum atomic E-state index is 0.710. The zero-order valence-corrected chi connectivity index (χ0v) is 13.3. The number of hydrogen-bond acceptors (Lipinski definition) is 3. The van der Waals surface area contributed by atoms with Crippen molar-refractivity contribution in [1.29, 1.82) is 0 Å². The van der Waals surface area contributed by atoms with E-state index in [9.17, 15) is 0 Å². The predicted octanol–water partition coefficient (Wildman–Crippen LogP) is 3.06. The fraction of sp³-hybridized carbons (Fsp3) is 0.471. The third kappa shape index (κ3) is 2.95. The van der Waals surface area contributed by atoms with Gasteiger partial charge in [0.1, 0.15) is 5.82 Å². The van der Waals surface area contributed by atoms with E-state index in [1.165, 1.54) is 35.5 Å². The van der Waals surface area contributed by atoms with Gasteiger partial charge in [0.2, 0.25) is 0 Å². The monoisotopic (exact) mass is 284 g/mol. The Hall–Kier alpha value is -1.81. The van der Waals surface area contributed by atoms with Crippen LogP contribution >= 0.6 is 0 Å². The summed E-state index contributed by atoms with van der Waals surface area (Å²) < 4.78 is 1.99. The summed E-state index contributed by atoms with van der Waals surface area (Å²) in [7, 11) is 4.13. The molecule has 1 saturated carbocycles. The largest absolute Gasteiger partial charge is 0.329 e. The van der Waals surface area contributed by atoms with Crippen LogP contribution in [0.4, 0.5) is 11.5 Å². The minimum Gasteiger partial charge on any atom is -0.329 e. The summed E-state index contributed by atoms with van der Waals surface area (Å²) in [5, 5.41) is 8.21. The van der Waals surface area contributed by atoms with Crippen LogP contribution in [-0.2, 0) is 13.6 Å². The Kier molecular flexibility index (Phi) is 3.72. The zero-order chi connectivity index (χ0) is 15.0. The first-order chi connectivity index (χ1) is 10.1. The first-order valence-electron chi connectivity index (χ1n) is 7.62. The van der Waals surface area contributed by atoms with Gasteiger partial charge < -0.3 is 10.2 Å². The van der Waals surface area contributed by atoms with E-state index in [0.717, 1.165) is 12.2 Å². The lowest BCUT2D eigenvalue weighted by Crippen LogP contribution is -2.20. The number of nitrogens with one attached hydrogen (secondary N) is 1. The summed E-state index contributed by atoms with van der Waals surface area (Å²) in [6.07, 6.45) is 2.62. The molecule has 1 aliphatic carbocycles. The van der Waals surface area contributed by atoms with Gasteiger partial charge in [0.05, 0.1) is 5.69 Å². The fourth-order valence-electron chi connectivity index (χ4n) is 2.74. The second kappa shape index (κ2) is 5.53. The van der Waals surface area contributed by atoms with Crippen LogP contribution in [0.2, 0.25) is 0 Å². The number of nitrogens with zero attached hydrogens (tertiary/aromatic N) is 3. The first kappa shape index (κ1) is 14.1. The Balaban J connectivity index is 1.90. The molecule has 0 spiro atoms. The number of hydrogen-bond donors (Lipinski definition) is 1. The van der Waals surface area contributed by atoms with E-state index in [4.69, 9.17) is 0 Å². The molecule has 1 aliphatic rings. The molecule has 0 radical (unpaired) electrons. The van der Waals surface area contributed by atoms with Crippen LogP contribution in [0.15, 0.2) is 24.3 Å². The molecule has 0 saturated heterocycles. The summed E-state index contributed by atoms with van der Waals surface area (Å²) >= 11 is 0. The van der Waals surface area contributed by atoms with E-state index in [2.05, 4.69) is 60.5 Å². The molecule has 0 aliphatic heterocycles. The van der Waals surface area contributed by atoms with Gasteiger partial charge in [0, 0.05) is 37.9 Å². The van der Waals surface area contributed by atoms with Crippen molar-refractivity contribution in [1.82, 2.24) is 15.1 Å². The molecular weight excluding hydrogens is 260 g/mol. The predicted molar refractivity (Wildman–Crippen MR) is 87.0 cm³/mol. The Morgan fingerprint density at radius 2 is 1.90 bits per heavy atom. The zero-order valence-electron chi connectivity index (χ0n) is 13.3. The molecule has 1 heterocycles. The first-order valence-corrected chi connectivity index (χ1v) is 7.62. The molecule has 0 amide bonds. The van der Waals surface area contributed by atoms with Gasteiger partial charge in [-0.2, -0.15) is 5.10 Å². The highest BCUT2D eigenvalue weighted by Gasteiger charge is 2.23. The van der Waals surface area contributed by atoms with Gasteiger partial charge >= 0.3 is 0 Å². The van der Waals surface area contributed by atoms with Gasteiger partial charge in [-0.25, -0.2) is 0 Å². The number of aromatic nitrogens is 2. The van der Waals surface area contributed by atoms with Crippen LogP contribution in [-0.4, -0.2) is 22.9 Å². The molecule has 4 heteroatoms. The maximum atomic E-state index is 4.61. The summed E-state index contributed by atoms with van der Waals surface area (Å²) in [6.45, 7) is 5.11. The maximum Gasteiger partial charge on any atom is 0.135 e. The van der Waals surface area contributed by atoms with Gasteiger partial charge in [-0.1, -0.05) is 17.7 Å². The van der Waals surface area contributed by atoms with Crippen molar-refractivity contribution >= 4 is 11.5 Å². The third-order valence-electron chi connectivity index (χ3n) is 4.20. The average molecular weight is 284 g/mol. The Morgan fingerprint density at radius 3 is 2.52 bits per heavy atom. The molecule has 1 fully saturated rings. The van der Waals surface area contributed by atoms with Crippen molar-refractivity contribution in [2.75, 3.05) is 11.9 Å². The highest BCUT2D eigenvalue weighted by Crippen LogP contribution is 2.29. The fourth-order valence-corrected chi connectivity index (χ4v) is 2.74. The molecule has 0 unspecified atom stereocenters. The van der Waals surface area contributed by atoms with Gasteiger partial charge in [-0.3, -0.25) is 4.68 Å². The number of anilines is 2. The SMILES string of the molecule is Cc1ccc(N(C)c2c(CNC3CC3)c(C)nn2C)cc1. The van der Waals surface area contributed by atoms with Crippen molar-refractivity contribution in [3.05, 3.63) is 41.1 Å². The van der Waals surface area contributed by atoms with E-state index in [0.29, 0.717) is 6.04 Å².